The van der Waals surface area contributed by atoms with Gasteiger partial charge in [-0.1, -0.05) is 15.9 Å². The van der Waals surface area contributed by atoms with Gasteiger partial charge in [0.1, 0.15) is 5.69 Å². The van der Waals surface area contributed by atoms with Gasteiger partial charge in [-0.25, -0.2) is 13.8 Å². The number of alkyl halides is 2. The Kier molecular flexibility index (Phi) is 2.72. The Hall–Kier alpha value is -0.580. The van der Waals surface area contributed by atoms with Crippen molar-refractivity contribution in [2.45, 2.75) is 13.3 Å². The quantitative estimate of drug-likeness (QED) is 0.686. The van der Waals surface area contributed by atoms with Crippen LogP contribution in [-0.2, 0) is 0 Å². The van der Waals surface area contributed by atoms with Crippen molar-refractivity contribution in [1.29, 1.82) is 0 Å². The highest BCUT2D eigenvalue weighted by molar-refractivity contribution is 9.10. The summed E-state index contributed by atoms with van der Waals surface area (Å²) in [6.07, 6.45) is -2.74. The van der Waals surface area contributed by atoms with E-state index in [1.165, 1.54) is 6.92 Å². The monoisotopic (exact) mass is 239 g/mol. The lowest BCUT2D eigenvalue weighted by molar-refractivity contribution is 0.144. The summed E-state index contributed by atoms with van der Waals surface area (Å²) in [5.41, 5.74) is -0.242. The number of aromatic nitrogens is 1. The Morgan fingerprint density at radius 3 is 2.58 bits per heavy atom. The lowest BCUT2D eigenvalue weighted by Crippen LogP contribution is -1.98. The summed E-state index contributed by atoms with van der Waals surface area (Å²) in [5.74, 6) is -0.900. The topological polar surface area (TPSA) is 12.9 Å². The maximum Gasteiger partial charge on any atom is 0.280 e. The van der Waals surface area contributed by atoms with E-state index in [-0.39, 0.29) is 5.56 Å². The third-order valence-corrected chi connectivity index (χ3v) is 2.25. The third kappa shape index (κ3) is 1.77. The van der Waals surface area contributed by atoms with Crippen molar-refractivity contribution in [3.8, 4) is 0 Å². The van der Waals surface area contributed by atoms with Crippen LogP contribution in [0.1, 0.15) is 17.7 Å². The Labute approximate surface area is 75.7 Å². The first-order valence-electron chi connectivity index (χ1n) is 3.13. The summed E-state index contributed by atoms with van der Waals surface area (Å²) >= 11 is 2.95. The van der Waals surface area contributed by atoms with Crippen molar-refractivity contribution in [3.63, 3.8) is 0 Å². The van der Waals surface area contributed by atoms with E-state index in [0.29, 0.717) is 4.47 Å². The minimum atomic E-state index is -2.74. The van der Waals surface area contributed by atoms with Gasteiger partial charge in [0.15, 0.2) is 0 Å². The van der Waals surface area contributed by atoms with Crippen LogP contribution in [0.15, 0.2) is 10.5 Å². The normalized spacial score (nSPS) is 10.8. The van der Waals surface area contributed by atoms with E-state index in [9.17, 15) is 13.2 Å². The molecule has 0 aliphatic carbocycles. The molecule has 0 fully saturated rings. The molecular formula is C7H5BrF3N. The Balaban J connectivity index is 3.28. The minimum Gasteiger partial charge on any atom is -0.218 e. The van der Waals surface area contributed by atoms with Crippen molar-refractivity contribution in [2.75, 3.05) is 0 Å². The predicted octanol–water partition coefficient (Wildman–Crippen LogP) is 3.23. The van der Waals surface area contributed by atoms with Crippen molar-refractivity contribution in [2.24, 2.45) is 0 Å². The van der Waals surface area contributed by atoms with Crippen LogP contribution < -0.4 is 0 Å². The van der Waals surface area contributed by atoms with Crippen LogP contribution in [0.25, 0.3) is 0 Å². The molecule has 0 atom stereocenters. The molecule has 0 aliphatic rings. The summed E-state index contributed by atoms with van der Waals surface area (Å²) < 4.78 is 37.1. The SMILES string of the molecule is Cc1c(Br)cc(F)nc1C(F)F. The fraction of sp³-hybridized carbons (Fsp3) is 0.286. The third-order valence-electron chi connectivity index (χ3n) is 1.42. The number of halogens is 4. The maximum atomic E-state index is 12.5. The molecule has 0 spiro atoms. The molecule has 0 saturated carbocycles. The van der Waals surface area contributed by atoms with E-state index in [4.69, 9.17) is 0 Å². The van der Waals surface area contributed by atoms with Gasteiger partial charge in [-0.2, -0.15) is 4.39 Å². The van der Waals surface area contributed by atoms with E-state index in [2.05, 4.69) is 20.9 Å². The molecule has 0 aromatic carbocycles. The van der Waals surface area contributed by atoms with E-state index < -0.39 is 18.1 Å². The van der Waals surface area contributed by atoms with Gasteiger partial charge in [0, 0.05) is 10.5 Å². The fourth-order valence-electron chi connectivity index (χ4n) is 0.779. The Bertz CT molecular complexity index is 301. The van der Waals surface area contributed by atoms with Crippen molar-refractivity contribution in [3.05, 3.63) is 27.7 Å². The van der Waals surface area contributed by atoms with Gasteiger partial charge in [0.2, 0.25) is 5.95 Å². The van der Waals surface area contributed by atoms with Crippen LogP contribution in [0.5, 0.6) is 0 Å². The minimum absolute atomic E-state index is 0.270. The number of pyridine rings is 1. The van der Waals surface area contributed by atoms with Crippen molar-refractivity contribution in [1.82, 2.24) is 4.98 Å². The first-order valence-corrected chi connectivity index (χ1v) is 3.92. The zero-order chi connectivity index (χ0) is 9.30. The van der Waals surface area contributed by atoms with E-state index in [0.717, 1.165) is 6.07 Å². The molecule has 0 radical (unpaired) electrons. The Morgan fingerprint density at radius 1 is 1.50 bits per heavy atom. The van der Waals surface area contributed by atoms with Crippen LogP contribution in [0.4, 0.5) is 13.2 Å². The molecule has 0 saturated heterocycles. The van der Waals surface area contributed by atoms with Crippen LogP contribution in [0.2, 0.25) is 0 Å². The standard InChI is InChI=1S/C7H5BrF3N/c1-3-4(8)2-5(9)12-6(3)7(10)11/h2,7H,1H3. The van der Waals surface area contributed by atoms with Crippen LogP contribution in [0.3, 0.4) is 0 Å². The molecule has 1 rings (SSSR count). The highest BCUT2D eigenvalue weighted by Gasteiger charge is 2.15. The largest absolute Gasteiger partial charge is 0.280 e. The summed E-state index contributed by atoms with van der Waals surface area (Å²) in [6.45, 7) is 1.46. The molecule has 12 heavy (non-hydrogen) atoms. The second-order valence-corrected chi connectivity index (χ2v) is 3.09. The first-order chi connectivity index (χ1) is 5.52. The number of nitrogens with zero attached hydrogens (tertiary/aromatic N) is 1. The van der Waals surface area contributed by atoms with Crippen LogP contribution in [-0.4, -0.2) is 4.98 Å². The second kappa shape index (κ2) is 3.43. The molecule has 0 amide bonds. The van der Waals surface area contributed by atoms with Gasteiger partial charge in [-0.3, -0.25) is 0 Å². The summed E-state index contributed by atoms with van der Waals surface area (Å²) in [6, 6.07) is 1.06. The van der Waals surface area contributed by atoms with Gasteiger partial charge < -0.3 is 0 Å². The van der Waals surface area contributed by atoms with Crippen molar-refractivity contribution >= 4 is 15.9 Å². The van der Waals surface area contributed by atoms with Gasteiger partial charge >= 0.3 is 0 Å². The molecule has 0 N–H and O–H groups in total. The summed E-state index contributed by atoms with van der Waals surface area (Å²) in [5, 5.41) is 0. The number of rotatable bonds is 1. The summed E-state index contributed by atoms with van der Waals surface area (Å²) in [4.78, 5) is 3.09. The van der Waals surface area contributed by atoms with Gasteiger partial charge in [-0.05, 0) is 12.5 Å². The molecular weight excluding hydrogens is 235 g/mol. The smallest absolute Gasteiger partial charge is 0.218 e. The van der Waals surface area contributed by atoms with E-state index >= 15 is 0 Å². The summed E-state index contributed by atoms with van der Waals surface area (Å²) in [7, 11) is 0. The average Bonchev–Trinajstić information content (AvgIpc) is 1.96. The van der Waals surface area contributed by atoms with Gasteiger partial charge in [-0.15, -0.1) is 0 Å². The molecule has 66 valence electrons. The number of hydrogen-bond acceptors (Lipinski definition) is 1. The first kappa shape index (κ1) is 9.51. The number of hydrogen-bond donors (Lipinski definition) is 0. The lowest BCUT2D eigenvalue weighted by atomic mass is 10.2. The predicted molar refractivity (Wildman–Crippen MR) is 41.6 cm³/mol. The maximum absolute atomic E-state index is 12.5. The van der Waals surface area contributed by atoms with Gasteiger partial charge in [0.25, 0.3) is 6.43 Å². The van der Waals surface area contributed by atoms with Gasteiger partial charge in [0.05, 0.1) is 0 Å². The van der Waals surface area contributed by atoms with E-state index in [1.807, 2.05) is 0 Å². The molecule has 1 heterocycles. The highest BCUT2D eigenvalue weighted by Crippen LogP contribution is 2.26. The van der Waals surface area contributed by atoms with Crippen LogP contribution in [0, 0.1) is 12.9 Å². The molecule has 1 nitrogen and oxygen atoms in total. The second-order valence-electron chi connectivity index (χ2n) is 2.24. The zero-order valence-electron chi connectivity index (χ0n) is 6.11. The molecule has 0 unspecified atom stereocenters. The average molecular weight is 240 g/mol. The molecule has 0 bridgehead atoms. The highest BCUT2D eigenvalue weighted by atomic mass is 79.9. The lowest BCUT2D eigenvalue weighted by Gasteiger charge is -2.04. The molecule has 1 aromatic rings. The zero-order valence-corrected chi connectivity index (χ0v) is 7.70. The fourth-order valence-corrected chi connectivity index (χ4v) is 1.17. The van der Waals surface area contributed by atoms with Crippen LogP contribution >= 0.6 is 15.9 Å². The van der Waals surface area contributed by atoms with E-state index in [1.54, 1.807) is 0 Å². The molecule has 5 heteroatoms. The molecule has 0 aliphatic heterocycles. The van der Waals surface area contributed by atoms with Crippen molar-refractivity contribution < 1.29 is 13.2 Å². The molecule has 1 aromatic heterocycles. The Morgan fingerprint density at radius 2 is 2.08 bits per heavy atom.